The van der Waals surface area contributed by atoms with E-state index in [1.165, 1.54) is 35.8 Å². The van der Waals surface area contributed by atoms with E-state index >= 15 is 0 Å². The summed E-state index contributed by atoms with van der Waals surface area (Å²) < 4.78 is 18.0. The Labute approximate surface area is 310 Å². The molecule has 0 aliphatic carbocycles. The van der Waals surface area contributed by atoms with Gasteiger partial charge in [-0.15, -0.1) is 0 Å². The van der Waals surface area contributed by atoms with Gasteiger partial charge in [0, 0.05) is 45.3 Å². The van der Waals surface area contributed by atoms with Gasteiger partial charge in [0.05, 0.1) is 0 Å². The number of hydrogen-bond acceptors (Lipinski definition) is 9. The van der Waals surface area contributed by atoms with E-state index in [2.05, 4.69) is 0 Å². The average Bonchev–Trinajstić information content (AvgIpc) is 3.11. The number of cyclic esters (lactones) is 3. The summed E-state index contributed by atoms with van der Waals surface area (Å²) in [6, 6.07) is 5.64. The molecular formula is C40H63N3O9. The molecule has 0 radical (unpaired) electrons. The predicted molar refractivity (Wildman–Crippen MR) is 198 cm³/mol. The molecule has 1 fully saturated rings. The van der Waals surface area contributed by atoms with Gasteiger partial charge in [-0.25, -0.2) is 14.4 Å². The summed E-state index contributed by atoms with van der Waals surface area (Å²) in [6.45, 7) is 17.9. The molecule has 9 atom stereocenters. The molecule has 12 heteroatoms. The van der Waals surface area contributed by atoms with Crippen molar-refractivity contribution in [2.45, 2.75) is 131 Å². The summed E-state index contributed by atoms with van der Waals surface area (Å²) in [5.74, 6) is -6.49. The van der Waals surface area contributed by atoms with Crippen molar-refractivity contribution >= 4 is 35.6 Å². The van der Waals surface area contributed by atoms with Crippen molar-refractivity contribution in [1.29, 1.82) is 0 Å². The molecule has 52 heavy (non-hydrogen) atoms. The highest BCUT2D eigenvalue weighted by Gasteiger charge is 2.45. The summed E-state index contributed by atoms with van der Waals surface area (Å²) in [4.78, 5) is 89.0. The molecule has 0 saturated carbocycles. The standard InChI is InChI=1S/C40H63N3O9/c1-14-25(8)32-35(44)41(11)29(22-28-20-18-17-19-21-28)38(47)50-33(26(9)15-2)36(45)42(12)31(24(6)7)40(49)52-34(27(10)16-3)37(46)43(13)30(23(4)5)39(48)51-32/h17-21,23-27,29-34H,14-16,22H2,1-13H3/t25-,26-,27-,29-,30-,31-,32?,33?,34?/m1/s1. The number of hydrogen-bond donors (Lipinski definition) is 0. The number of carbonyl (C=O) groups excluding carboxylic acids is 6. The van der Waals surface area contributed by atoms with Crippen LogP contribution in [0.4, 0.5) is 0 Å². The van der Waals surface area contributed by atoms with Crippen molar-refractivity contribution in [3.63, 3.8) is 0 Å². The number of esters is 3. The Hall–Kier alpha value is -3.96. The molecule has 1 aromatic carbocycles. The molecule has 0 bridgehead atoms. The molecule has 1 saturated heterocycles. The van der Waals surface area contributed by atoms with Crippen LogP contribution in [-0.2, 0) is 49.4 Å². The molecule has 2 rings (SSSR count). The lowest BCUT2D eigenvalue weighted by atomic mass is 9.95. The first-order valence-electron chi connectivity index (χ1n) is 18.8. The summed E-state index contributed by atoms with van der Waals surface area (Å²) in [5, 5.41) is 0. The van der Waals surface area contributed by atoms with Gasteiger partial charge in [0.15, 0.2) is 18.3 Å². The summed E-state index contributed by atoms with van der Waals surface area (Å²) >= 11 is 0. The lowest BCUT2D eigenvalue weighted by Crippen LogP contribution is -2.57. The van der Waals surface area contributed by atoms with Crippen molar-refractivity contribution in [1.82, 2.24) is 14.7 Å². The fourth-order valence-corrected chi connectivity index (χ4v) is 6.47. The highest BCUT2D eigenvalue weighted by molar-refractivity contribution is 5.94. The number of likely N-dealkylation sites (N-methyl/N-ethyl adjacent to an activating group) is 3. The molecule has 1 aliphatic heterocycles. The molecule has 1 aliphatic rings. The third-order valence-electron chi connectivity index (χ3n) is 10.6. The zero-order chi connectivity index (χ0) is 39.6. The van der Waals surface area contributed by atoms with Crippen molar-refractivity contribution in [2.24, 2.45) is 29.6 Å². The fraction of sp³-hybridized carbons (Fsp3) is 0.700. The Kier molecular flexibility index (Phi) is 16.8. The molecule has 292 valence electrons. The summed E-state index contributed by atoms with van der Waals surface area (Å²) in [7, 11) is 4.38. The van der Waals surface area contributed by atoms with Gasteiger partial charge in [-0.1, -0.05) is 99.6 Å². The summed E-state index contributed by atoms with van der Waals surface area (Å²) in [6.07, 6.45) is -2.41. The molecule has 3 amide bonds. The van der Waals surface area contributed by atoms with Crippen molar-refractivity contribution in [3.05, 3.63) is 35.9 Å². The molecule has 1 aromatic rings. The highest BCUT2D eigenvalue weighted by atomic mass is 16.6. The lowest BCUT2D eigenvalue weighted by Gasteiger charge is -2.38. The molecule has 12 nitrogen and oxygen atoms in total. The highest BCUT2D eigenvalue weighted by Crippen LogP contribution is 2.26. The normalized spacial score (nSPS) is 26.8. The first-order chi connectivity index (χ1) is 24.3. The quantitative estimate of drug-likeness (QED) is 0.243. The van der Waals surface area contributed by atoms with E-state index in [1.807, 2.05) is 51.1 Å². The minimum atomic E-state index is -1.30. The van der Waals surface area contributed by atoms with Gasteiger partial charge in [0.2, 0.25) is 0 Å². The van der Waals surface area contributed by atoms with E-state index in [9.17, 15) is 28.8 Å². The number of carbonyl (C=O) groups is 6. The van der Waals surface area contributed by atoms with Crippen LogP contribution in [0.1, 0.15) is 94.1 Å². The second kappa shape index (κ2) is 19.8. The zero-order valence-corrected chi connectivity index (χ0v) is 33.6. The van der Waals surface area contributed by atoms with Gasteiger partial charge < -0.3 is 28.9 Å². The number of nitrogens with zero attached hydrogens (tertiary/aromatic N) is 3. The molecule has 0 N–H and O–H groups in total. The maximum absolute atomic E-state index is 14.4. The van der Waals surface area contributed by atoms with Crippen LogP contribution in [0.3, 0.4) is 0 Å². The first kappa shape index (κ1) is 44.2. The maximum atomic E-state index is 14.4. The molecule has 3 unspecified atom stereocenters. The minimum Gasteiger partial charge on any atom is -0.450 e. The summed E-state index contributed by atoms with van der Waals surface area (Å²) in [5.41, 5.74) is 0.741. The SMILES string of the molecule is CC[C@@H](C)C1OC(=O)[C@@H](C(C)C)N(C)C(=O)C([C@H](C)CC)OC(=O)[C@@H](C(C)C)N(C)C(=O)C([C@H](C)CC)OC(=O)[C@@H](Cc2ccccc2)N(C)C1=O. The van der Waals surface area contributed by atoms with Gasteiger partial charge in [-0.2, -0.15) is 0 Å². The number of ether oxygens (including phenoxy) is 3. The van der Waals surface area contributed by atoms with Gasteiger partial charge >= 0.3 is 17.9 Å². The predicted octanol–water partition coefficient (Wildman–Crippen LogP) is 4.91. The molecule has 1 heterocycles. The van der Waals surface area contributed by atoms with E-state index in [0.717, 1.165) is 5.56 Å². The van der Waals surface area contributed by atoms with E-state index in [4.69, 9.17) is 14.2 Å². The number of amides is 3. The van der Waals surface area contributed by atoms with Crippen LogP contribution in [0.2, 0.25) is 0 Å². The fourth-order valence-electron chi connectivity index (χ4n) is 6.47. The number of benzene rings is 1. The Morgan fingerprint density at radius 2 is 0.846 bits per heavy atom. The van der Waals surface area contributed by atoms with Gasteiger partial charge in [-0.05, 0) is 36.7 Å². The Morgan fingerprint density at radius 3 is 1.17 bits per heavy atom. The topological polar surface area (TPSA) is 140 Å². The molecule has 0 spiro atoms. The second-order valence-electron chi connectivity index (χ2n) is 15.2. The maximum Gasteiger partial charge on any atom is 0.329 e. The van der Waals surface area contributed by atoms with Gasteiger partial charge in [0.1, 0.15) is 18.1 Å². The second-order valence-corrected chi connectivity index (χ2v) is 15.2. The van der Waals surface area contributed by atoms with Gasteiger partial charge in [-0.3, -0.25) is 14.4 Å². The monoisotopic (exact) mass is 729 g/mol. The molecule has 0 aromatic heterocycles. The third-order valence-corrected chi connectivity index (χ3v) is 10.6. The van der Waals surface area contributed by atoms with Crippen LogP contribution in [0.5, 0.6) is 0 Å². The lowest BCUT2D eigenvalue weighted by molar-refractivity contribution is -0.181. The van der Waals surface area contributed by atoms with Crippen LogP contribution in [0.15, 0.2) is 30.3 Å². The van der Waals surface area contributed by atoms with Gasteiger partial charge in [0.25, 0.3) is 17.7 Å². The average molecular weight is 730 g/mol. The Balaban J connectivity index is 2.87. The minimum absolute atomic E-state index is 0.0597. The third kappa shape index (κ3) is 10.6. The first-order valence-corrected chi connectivity index (χ1v) is 18.8. The van der Waals surface area contributed by atoms with Crippen LogP contribution < -0.4 is 0 Å². The number of rotatable bonds is 10. The van der Waals surface area contributed by atoms with Crippen LogP contribution in [0, 0.1) is 29.6 Å². The largest absolute Gasteiger partial charge is 0.450 e. The zero-order valence-electron chi connectivity index (χ0n) is 33.6. The van der Waals surface area contributed by atoms with Crippen molar-refractivity contribution < 1.29 is 43.0 Å². The van der Waals surface area contributed by atoms with E-state index in [0.29, 0.717) is 19.3 Å². The van der Waals surface area contributed by atoms with E-state index in [-0.39, 0.29) is 6.42 Å². The van der Waals surface area contributed by atoms with E-state index in [1.54, 1.807) is 48.5 Å². The van der Waals surface area contributed by atoms with Crippen LogP contribution in [-0.4, -0.2) is 108 Å². The van der Waals surface area contributed by atoms with E-state index < -0.39 is 102 Å². The Bertz CT molecular complexity index is 1370. The van der Waals surface area contributed by atoms with Crippen LogP contribution in [0.25, 0.3) is 0 Å². The van der Waals surface area contributed by atoms with Crippen molar-refractivity contribution in [3.8, 4) is 0 Å². The van der Waals surface area contributed by atoms with Crippen LogP contribution >= 0.6 is 0 Å². The van der Waals surface area contributed by atoms with Crippen molar-refractivity contribution in [2.75, 3.05) is 21.1 Å². The molecular weight excluding hydrogens is 666 g/mol. The smallest absolute Gasteiger partial charge is 0.329 e. The Morgan fingerprint density at radius 1 is 0.519 bits per heavy atom.